The number of carbonyl (C=O) groups excluding carboxylic acids is 2. The lowest BCUT2D eigenvalue weighted by Crippen LogP contribution is -2.22. The van der Waals surface area contributed by atoms with E-state index in [9.17, 15) is 9.59 Å². The summed E-state index contributed by atoms with van der Waals surface area (Å²) in [5, 5.41) is 0. The molecule has 0 aromatic rings. The number of rotatable bonds is 12. The zero-order valence-electron chi connectivity index (χ0n) is 13.3. The Bertz CT molecular complexity index is 263. The van der Waals surface area contributed by atoms with Gasteiger partial charge < -0.3 is 9.47 Å². The zero-order chi connectivity index (χ0) is 15.2. The van der Waals surface area contributed by atoms with Gasteiger partial charge in [0.15, 0.2) is 0 Å². The normalized spacial score (nSPS) is 11.9. The smallest absolute Gasteiger partial charge is 0.306 e. The van der Waals surface area contributed by atoms with Crippen molar-refractivity contribution < 1.29 is 19.1 Å². The molecule has 0 saturated carbocycles. The topological polar surface area (TPSA) is 52.6 Å². The van der Waals surface area contributed by atoms with Gasteiger partial charge in [0.05, 0.1) is 0 Å². The SMILES string of the molecule is CCCCCCC(=O)OC[C@H](C)OC(=O)CCCCC. The van der Waals surface area contributed by atoms with Crippen LogP contribution in [-0.4, -0.2) is 24.6 Å². The van der Waals surface area contributed by atoms with Gasteiger partial charge >= 0.3 is 11.9 Å². The average Bonchev–Trinajstić information content (AvgIpc) is 2.41. The maximum atomic E-state index is 11.5. The Morgan fingerprint density at radius 1 is 0.850 bits per heavy atom. The van der Waals surface area contributed by atoms with E-state index < -0.39 is 0 Å². The monoisotopic (exact) mass is 286 g/mol. The van der Waals surface area contributed by atoms with Gasteiger partial charge in [-0.3, -0.25) is 9.59 Å². The molecule has 0 aromatic carbocycles. The Balaban J connectivity index is 3.57. The van der Waals surface area contributed by atoms with Gasteiger partial charge in [-0.25, -0.2) is 0 Å². The molecule has 1 atom stereocenters. The fourth-order valence-corrected chi connectivity index (χ4v) is 1.82. The van der Waals surface area contributed by atoms with Crippen molar-refractivity contribution in [1.82, 2.24) is 0 Å². The molecule has 4 nitrogen and oxygen atoms in total. The van der Waals surface area contributed by atoms with Crippen LogP contribution in [-0.2, 0) is 19.1 Å². The molecule has 0 fully saturated rings. The highest BCUT2D eigenvalue weighted by Gasteiger charge is 2.11. The third-order valence-corrected chi connectivity index (χ3v) is 3.03. The predicted octanol–water partition coefficient (Wildman–Crippen LogP) is 4.01. The molecule has 4 heteroatoms. The fraction of sp³-hybridized carbons (Fsp3) is 0.875. The molecule has 0 bridgehead atoms. The van der Waals surface area contributed by atoms with E-state index in [1.807, 2.05) is 0 Å². The summed E-state index contributed by atoms with van der Waals surface area (Å²) in [4.78, 5) is 22.9. The molecule has 0 unspecified atom stereocenters. The first-order valence-corrected chi connectivity index (χ1v) is 7.95. The van der Waals surface area contributed by atoms with E-state index in [1.165, 1.54) is 0 Å². The van der Waals surface area contributed by atoms with Crippen molar-refractivity contribution in [3.63, 3.8) is 0 Å². The van der Waals surface area contributed by atoms with Crippen molar-refractivity contribution in [1.29, 1.82) is 0 Å². The number of unbranched alkanes of at least 4 members (excludes halogenated alkanes) is 5. The molecule has 0 amide bonds. The second-order valence-corrected chi connectivity index (χ2v) is 5.25. The van der Waals surface area contributed by atoms with Crippen LogP contribution in [0.15, 0.2) is 0 Å². The van der Waals surface area contributed by atoms with Crippen molar-refractivity contribution in [2.75, 3.05) is 6.61 Å². The summed E-state index contributed by atoms with van der Waals surface area (Å²) in [5.74, 6) is -0.403. The quantitative estimate of drug-likeness (QED) is 0.402. The molecule has 0 spiro atoms. The van der Waals surface area contributed by atoms with E-state index in [1.54, 1.807) is 6.92 Å². The third kappa shape index (κ3) is 12.0. The summed E-state index contributed by atoms with van der Waals surface area (Å²) in [6, 6.07) is 0. The van der Waals surface area contributed by atoms with Gasteiger partial charge in [-0.1, -0.05) is 46.0 Å². The minimum absolute atomic E-state index is 0.159. The molecule has 0 aliphatic rings. The number of hydrogen-bond acceptors (Lipinski definition) is 4. The van der Waals surface area contributed by atoms with Gasteiger partial charge in [-0.2, -0.15) is 0 Å². The van der Waals surface area contributed by atoms with Crippen LogP contribution >= 0.6 is 0 Å². The summed E-state index contributed by atoms with van der Waals surface area (Å²) < 4.78 is 10.3. The average molecular weight is 286 g/mol. The highest BCUT2D eigenvalue weighted by atomic mass is 16.6. The minimum atomic E-state index is -0.358. The molecule has 0 heterocycles. The van der Waals surface area contributed by atoms with Crippen LogP contribution in [0.2, 0.25) is 0 Å². The Morgan fingerprint density at radius 3 is 2.05 bits per heavy atom. The molecule has 20 heavy (non-hydrogen) atoms. The van der Waals surface area contributed by atoms with Gasteiger partial charge in [-0.05, 0) is 19.8 Å². The summed E-state index contributed by atoms with van der Waals surface area (Å²) in [6.45, 7) is 6.14. The Kier molecular flexibility index (Phi) is 12.3. The van der Waals surface area contributed by atoms with Crippen LogP contribution in [0.3, 0.4) is 0 Å². The van der Waals surface area contributed by atoms with Gasteiger partial charge in [0.1, 0.15) is 12.7 Å². The molecule has 0 aromatic heterocycles. The van der Waals surface area contributed by atoms with Crippen LogP contribution in [0.25, 0.3) is 0 Å². The molecule has 118 valence electrons. The van der Waals surface area contributed by atoms with Crippen molar-refractivity contribution in [3.05, 3.63) is 0 Å². The number of hydrogen-bond donors (Lipinski definition) is 0. The van der Waals surface area contributed by atoms with Crippen LogP contribution in [0.4, 0.5) is 0 Å². The Morgan fingerprint density at radius 2 is 1.40 bits per heavy atom. The zero-order valence-corrected chi connectivity index (χ0v) is 13.3. The standard InChI is InChI=1S/C16H30O4/c1-4-6-8-10-11-15(17)19-13-14(3)20-16(18)12-9-7-5-2/h14H,4-13H2,1-3H3/t14-/m0/s1. The highest BCUT2D eigenvalue weighted by Crippen LogP contribution is 2.05. The lowest BCUT2D eigenvalue weighted by Gasteiger charge is -2.13. The molecular formula is C16H30O4. The molecule has 0 aliphatic carbocycles. The fourth-order valence-electron chi connectivity index (χ4n) is 1.82. The highest BCUT2D eigenvalue weighted by molar-refractivity contribution is 5.70. The summed E-state index contributed by atoms with van der Waals surface area (Å²) >= 11 is 0. The first-order chi connectivity index (χ1) is 9.60. The molecule has 0 aliphatic heterocycles. The lowest BCUT2D eigenvalue weighted by molar-refractivity contribution is -0.158. The number of esters is 2. The second kappa shape index (κ2) is 12.9. The van der Waals surface area contributed by atoms with E-state index in [0.29, 0.717) is 12.8 Å². The maximum absolute atomic E-state index is 11.5. The third-order valence-electron chi connectivity index (χ3n) is 3.03. The Hall–Kier alpha value is -1.06. The molecule has 0 rings (SSSR count). The Labute approximate surface area is 123 Å². The van der Waals surface area contributed by atoms with Crippen molar-refractivity contribution in [2.45, 2.75) is 84.7 Å². The van der Waals surface area contributed by atoms with Crippen molar-refractivity contribution in [2.24, 2.45) is 0 Å². The summed E-state index contributed by atoms with van der Waals surface area (Å²) in [7, 11) is 0. The van der Waals surface area contributed by atoms with Crippen LogP contribution in [0.1, 0.15) is 78.6 Å². The summed E-state index contributed by atoms with van der Waals surface area (Å²) in [6.07, 6.45) is 7.77. The van der Waals surface area contributed by atoms with Crippen LogP contribution in [0, 0.1) is 0 Å². The van der Waals surface area contributed by atoms with E-state index >= 15 is 0 Å². The van der Waals surface area contributed by atoms with Crippen molar-refractivity contribution >= 4 is 11.9 Å². The van der Waals surface area contributed by atoms with E-state index in [-0.39, 0.29) is 24.6 Å². The molecular weight excluding hydrogens is 256 g/mol. The van der Waals surface area contributed by atoms with Gasteiger partial charge in [0, 0.05) is 12.8 Å². The number of carbonyl (C=O) groups is 2. The van der Waals surface area contributed by atoms with E-state index in [2.05, 4.69) is 13.8 Å². The van der Waals surface area contributed by atoms with Gasteiger partial charge in [0.2, 0.25) is 0 Å². The second-order valence-electron chi connectivity index (χ2n) is 5.25. The maximum Gasteiger partial charge on any atom is 0.306 e. The predicted molar refractivity (Wildman–Crippen MR) is 79.4 cm³/mol. The van der Waals surface area contributed by atoms with E-state index in [4.69, 9.17) is 9.47 Å². The van der Waals surface area contributed by atoms with Gasteiger partial charge in [0.25, 0.3) is 0 Å². The van der Waals surface area contributed by atoms with Crippen LogP contribution < -0.4 is 0 Å². The number of ether oxygens (including phenoxy) is 2. The minimum Gasteiger partial charge on any atom is -0.462 e. The van der Waals surface area contributed by atoms with E-state index in [0.717, 1.165) is 44.9 Å². The van der Waals surface area contributed by atoms with Gasteiger partial charge in [-0.15, -0.1) is 0 Å². The first kappa shape index (κ1) is 18.9. The first-order valence-electron chi connectivity index (χ1n) is 7.95. The molecule has 0 N–H and O–H groups in total. The lowest BCUT2D eigenvalue weighted by atomic mass is 10.2. The molecule has 0 radical (unpaired) electrons. The largest absolute Gasteiger partial charge is 0.462 e. The van der Waals surface area contributed by atoms with Crippen molar-refractivity contribution in [3.8, 4) is 0 Å². The molecule has 0 saturated heterocycles. The van der Waals surface area contributed by atoms with Crippen LogP contribution in [0.5, 0.6) is 0 Å². The summed E-state index contributed by atoms with van der Waals surface area (Å²) in [5.41, 5.74) is 0.